The molecular formula is C14H9F3N2O. The van der Waals surface area contributed by atoms with Crippen molar-refractivity contribution >= 4 is 21.8 Å². The van der Waals surface area contributed by atoms with Crippen LogP contribution in [0.1, 0.15) is 5.56 Å². The SMILES string of the molecule is Cn1c(=O)c2c(C(F)(F)F)cccc2c2ncccc21. The van der Waals surface area contributed by atoms with Crippen molar-refractivity contribution in [2.45, 2.75) is 6.18 Å². The van der Waals surface area contributed by atoms with Crippen LogP contribution in [0.2, 0.25) is 0 Å². The third kappa shape index (κ3) is 1.68. The molecule has 0 bridgehead atoms. The van der Waals surface area contributed by atoms with Gasteiger partial charge >= 0.3 is 6.18 Å². The van der Waals surface area contributed by atoms with Crippen LogP contribution in [-0.2, 0) is 13.2 Å². The standard InChI is InChI=1S/C14H9F3N2O/c1-19-10-6-3-7-18-12(10)8-4-2-5-9(14(15,16)17)11(8)13(19)20/h2-7H,1H3. The molecule has 3 nitrogen and oxygen atoms in total. The van der Waals surface area contributed by atoms with Crippen molar-refractivity contribution in [3.8, 4) is 0 Å². The lowest BCUT2D eigenvalue weighted by atomic mass is 10.0. The molecule has 0 fully saturated rings. The van der Waals surface area contributed by atoms with Gasteiger partial charge in [0.1, 0.15) is 0 Å². The van der Waals surface area contributed by atoms with Gasteiger partial charge in [-0.05, 0) is 18.2 Å². The molecule has 0 aliphatic heterocycles. The number of alkyl halides is 3. The Morgan fingerprint density at radius 1 is 1.15 bits per heavy atom. The van der Waals surface area contributed by atoms with Gasteiger partial charge in [0.05, 0.1) is 22.0 Å². The van der Waals surface area contributed by atoms with E-state index in [1.165, 1.54) is 29.9 Å². The fourth-order valence-electron chi connectivity index (χ4n) is 2.37. The van der Waals surface area contributed by atoms with Crippen LogP contribution in [0.4, 0.5) is 13.2 Å². The first-order valence-electron chi connectivity index (χ1n) is 5.85. The molecule has 2 aromatic heterocycles. The molecule has 0 spiro atoms. The van der Waals surface area contributed by atoms with Gasteiger partial charge in [-0.2, -0.15) is 13.2 Å². The van der Waals surface area contributed by atoms with Crippen molar-refractivity contribution in [3.05, 3.63) is 52.4 Å². The van der Waals surface area contributed by atoms with Crippen molar-refractivity contribution in [1.82, 2.24) is 9.55 Å². The predicted octanol–water partition coefficient (Wildman–Crippen LogP) is 3.11. The summed E-state index contributed by atoms with van der Waals surface area (Å²) in [6.45, 7) is 0. The van der Waals surface area contributed by atoms with E-state index < -0.39 is 17.3 Å². The first kappa shape index (κ1) is 12.7. The maximum atomic E-state index is 13.1. The topological polar surface area (TPSA) is 34.9 Å². The number of pyridine rings is 2. The molecule has 1 aromatic carbocycles. The van der Waals surface area contributed by atoms with Crippen molar-refractivity contribution in [2.24, 2.45) is 7.05 Å². The fourth-order valence-corrected chi connectivity index (χ4v) is 2.37. The molecule has 0 N–H and O–H groups in total. The molecule has 0 radical (unpaired) electrons. The Bertz CT molecular complexity index is 881. The summed E-state index contributed by atoms with van der Waals surface area (Å²) in [4.78, 5) is 16.4. The fraction of sp³-hybridized carbons (Fsp3) is 0.143. The Morgan fingerprint density at radius 3 is 2.60 bits per heavy atom. The van der Waals surface area contributed by atoms with Gasteiger partial charge in [-0.3, -0.25) is 9.78 Å². The number of halogens is 3. The van der Waals surface area contributed by atoms with Gasteiger partial charge in [0, 0.05) is 18.6 Å². The molecular weight excluding hydrogens is 269 g/mol. The van der Waals surface area contributed by atoms with Crippen LogP contribution in [0, 0.1) is 0 Å². The lowest BCUT2D eigenvalue weighted by Crippen LogP contribution is -2.21. The number of benzene rings is 1. The number of fused-ring (bicyclic) bond motifs is 3. The summed E-state index contributed by atoms with van der Waals surface area (Å²) in [5, 5.41) is -0.118. The monoisotopic (exact) mass is 278 g/mol. The van der Waals surface area contributed by atoms with Crippen molar-refractivity contribution in [1.29, 1.82) is 0 Å². The zero-order valence-corrected chi connectivity index (χ0v) is 10.4. The Balaban J connectivity index is 2.65. The minimum Gasteiger partial charge on any atom is -0.309 e. The first-order valence-corrected chi connectivity index (χ1v) is 5.85. The average molecular weight is 278 g/mol. The highest BCUT2D eigenvalue weighted by molar-refractivity contribution is 6.04. The predicted molar refractivity (Wildman–Crippen MR) is 69.5 cm³/mol. The van der Waals surface area contributed by atoms with Crippen molar-refractivity contribution < 1.29 is 13.2 Å². The second-order valence-corrected chi connectivity index (χ2v) is 4.46. The molecule has 102 valence electrons. The zero-order valence-electron chi connectivity index (χ0n) is 10.4. The van der Waals surface area contributed by atoms with E-state index in [-0.39, 0.29) is 10.8 Å². The van der Waals surface area contributed by atoms with Gasteiger partial charge in [-0.25, -0.2) is 0 Å². The summed E-state index contributed by atoms with van der Waals surface area (Å²) in [6.07, 6.45) is -3.08. The minimum atomic E-state index is -4.58. The number of hydrogen-bond acceptors (Lipinski definition) is 2. The second-order valence-electron chi connectivity index (χ2n) is 4.46. The molecule has 3 rings (SSSR count). The molecule has 3 aromatic rings. The summed E-state index contributed by atoms with van der Waals surface area (Å²) >= 11 is 0. The Labute approximate surface area is 111 Å². The van der Waals surface area contributed by atoms with Crippen LogP contribution in [0.15, 0.2) is 41.3 Å². The second kappa shape index (κ2) is 4.06. The summed E-state index contributed by atoms with van der Waals surface area (Å²) in [7, 11) is 1.44. The number of aryl methyl sites for hydroxylation is 1. The first-order chi connectivity index (χ1) is 9.41. The van der Waals surface area contributed by atoms with Crippen molar-refractivity contribution in [2.75, 3.05) is 0 Å². The minimum absolute atomic E-state index is 0.221. The number of aromatic nitrogens is 2. The van der Waals surface area contributed by atoms with E-state index in [9.17, 15) is 18.0 Å². The van der Waals surface area contributed by atoms with Crippen LogP contribution in [0.3, 0.4) is 0 Å². The van der Waals surface area contributed by atoms with Gasteiger partial charge in [0.25, 0.3) is 5.56 Å². The molecule has 6 heteroatoms. The molecule has 2 heterocycles. The highest BCUT2D eigenvalue weighted by Gasteiger charge is 2.34. The lowest BCUT2D eigenvalue weighted by molar-refractivity contribution is -0.136. The zero-order chi connectivity index (χ0) is 14.5. The smallest absolute Gasteiger partial charge is 0.309 e. The largest absolute Gasteiger partial charge is 0.417 e. The van der Waals surface area contributed by atoms with Gasteiger partial charge in [0.2, 0.25) is 0 Å². The van der Waals surface area contributed by atoms with Gasteiger partial charge in [0.15, 0.2) is 0 Å². The molecule has 0 unspecified atom stereocenters. The molecule has 0 aliphatic rings. The maximum absolute atomic E-state index is 13.1. The highest BCUT2D eigenvalue weighted by atomic mass is 19.4. The Morgan fingerprint density at radius 2 is 1.90 bits per heavy atom. The van der Waals surface area contributed by atoms with E-state index in [0.717, 1.165) is 6.07 Å². The van der Waals surface area contributed by atoms with Crippen LogP contribution in [-0.4, -0.2) is 9.55 Å². The lowest BCUT2D eigenvalue weighted by Gasteiger charge is -2.13. The van der Waals surface area contributed by atoms with Gasteiger partial charge < -0.3 is 4.57 Å². The van der Waals surface area contributed by atoms with E-state index in [0.29, 0.717) is 11.0 Å². The van der Waals surface area contributed by atoms with Crippen LogP contribution in [0.5, 0.6) is 0 Å². The summed E-state index contributed by atoms with van der Waals surface area (Å²) in [5.74, 6) is 0. The Hall–Kier alpha value is -2.37. The van der Waals surface area contributed by atoms with Crippen LogP contribution >= 0.6 is 0 Å². The molecule has 0 atom stereocenters. The van der Waals surface area contributed by atoms with E-state index in [1.807, 2.05) is 0 Å². The van der Waals surface area contributed by atoms with E-state index in [1.54, 1.807) is 12.1 Å². The highest BCUT2D eigenvalue weighted by Crippen LogP contribution is 2.34. The third-order valence-electron chi connectivity index (χ3n) is 3.29. The third-order valence-corrected chi connectivity index (χ3v) is 3.29. The van der Waals surface area contributed by atoms with Crippen LogP contribution in [0.25, 0.3) is 21.8 Å². The number of nitrogens with zero attached hydrogens (tertiary/aromatic N) is 2. The molecule has 20 heavy (non-hydrogen) atoms. The molecule has 0 saturated heterocycles. The Kier molecular flexibility index (Phi) is 2.57. The van der Waals surface area contributed by atoms with Gasteiger partial charge in [-0.1, -0.05) is 12.1 Å². The normalized spacial score (nSPS) is 12.2. The van der Waals surface area contributed by atoms with Crippen molar-refractivity contribution in [3.63, 3.8) is 0 Å². The average Bonchev–Trinajstić information content (AvgIpc) is 2.43. The number of rotatable bonds is 0. The summed E-state index contributed by atoms with van der Waals surface area (Å²) < 4.78 is 40.4. The molecule has 0 aliphatic carbocycles. The maximum Gasteiger partial charge on any atom is 0.417 e. The number of hydrogen-bond donors (Lipinski definition) is 0. The summed E-state index contributed by atoms with van der Waals surface area (Å²) in [5.41, 5.74) is -0.711. The van der Waals surface area contributed by atoms with E-state index in [4.69, 9.17) is 0 Å². The van der Waals surface area contributed by atoms with E-state index >= 15 is 0 Å². The van der Waals surface area contributed by atoms with Crippen LogP contribution < -0.4 is 5.56 Å². The van der Waals surface area contributed by atoms with Gasteiger partial charge in [-0.15, -0.1) is 0 Å². The molecule has 0 saturated carbocycles. The molecule has 0 amide bonds. The van der Waals surface area contributed by atoms with E-state index in [2.05, 4.69) is 4.98 Å². The summed E-state index contributed by atoms with van der Waals surface area (Å²) in [6, 6.07) is 6.99. The quantitative estimate of drug-likeness (QED) is 0.592.